The van der Waals surface area contributed by atoms with Gasteiger partial charge in [-0.15, -0.1) is 0 Å². The normalized spacial score (nSPS) is 12.4. The summed E-state index contributed by atoms with van der Waals surface area (Å²) in [6.45, 7) is 7.05. The molecular formula is C15H28N4O. The Hall–Kier alpha value is -1.52. The number of carbonyl (C=O) groups is 1. The second kappa shape index (κ2) is 7.92. The van der Waals surface area contributed by atoms with Crippen molar-refractivity contribution in [1.29, 1.82) is 0 Å². The van der Waals surface area contributed by atoms with E-state index in [-0.39, 0.29) is 5.91 Å². The number of unbranched alkanes of at least 4 members (excludes halogenated alkanes) is 1. The molecule has 0 radical (unpaired) electrons. The van der Waals surface area contributed by atoms with Gasteiger partial charge in [-0.3, -0.25) is 9.48 Å². The molecular weight excluding hydrogens is 252 g/mol. The van der Waals surface area contributed by atoms with Crippen molar-refractivity contribution >= 4 is 11.6 Å². The largest absolute Gasteiger partial charge is 0.395 e. The first-order chi connectivity index (χ1) is 9.54. The van der Waals surface area contributed by atoms with Gasteiger partial charge in [0.25, 0.3) is 5.91 Å². The molecule has 1 unspecified atom stereocenters. The van der Waals surface area contributed by atoms with Crippen LogP contribution in [-0.2, 0) is 13.5 Å². The number of hydrogen-bond acceptors (Lipinski definition) is 3. The smallest absolute Gasteiger partial charge is 0.271 e. The Bertz CT molecular complexity index is 439. The van der Waals surface area contributed by atoms with E-state index in [0.29, 0.717) is 23.8 Å². The minimum absolute atomic E-state index is 0.118. The standard InChI is InChI=1S/C15H28N4O/c1-5-8-9-11(6-2)10-17-15(20)14-13(16)12(7-3)18-19(14)4/h11H,5-10,16H2,1-4H3,(H,17,20). The lowest BCUT2D eigenvalue weighted by atomic mass is 9.99. The molecule has 0 aliphatic rings. The first kappa shape index (κ1) is 16.5. The van der Waals surface area contributed by atoms with Gasteiger partial charge in [-0.1, -0.05) is 40.0 Å². The van der Waals surface area contributed by atoms with Crippen LogP contribution in [0.25, 0.3) is 0 Å². The summed E-state index contributed by atoms with van der Waals surface area (Å²) in [5.41, 5.74) is 7.77. The number of aryl methyl sites for hydroxylation is 2. The molecule has 0 saturated carbocycles. The summed E-state index contributed by atoms with van der Waals surface area (Å²) < 4.78 is 1.58. The summed E-state index contributed by atoms with van der Waals surface area (Å²) in [6, 6.07) is 0. The Labute approximate surface area is 121 Å². The van der Waals surface area contributed by atoms with Crippen molar-refractivity contribution in [1.82, 2.24) is 15.1 Å². The van der Waals surface area contributed by atoms with Crippen LogP contribution in [0.1, 0.15) is 62.6 Å². The number of nitrogens with two attached hydrogens (primary N) is 1. The highest BCUT2D eigenvalue weighted by atomic mass is 16.2. The lowest BCUT2D eigenvalue weighted by Crippen LogP contribution is -2.31. The van der Waals surface area contributed by atoms with Crippen LogP contribution in [0.15, 0.2) is 0 Å². The molecule has 0 saturated heterocycles. The first-order valence-corrected chi connectivity index (χ1v) is 7.64. The van der Waals surface area contributed by atoms with Gasteiger partial charge < -0.3 is 11.1 Å². The first-order valence-electron chi connectivity index (χ1n) is 7.64. The van der Waals surface area contributed by atoms with Gasteiger partial charge in [-0.05, 0) is 18.8 Å². The van der Waals surface area contributed by atoms with E-state index in [1.54, 1.807) is 11.7 Å². The predicted octanol–water partition coefficient (Wildman–Crippen LogP) is 2.51. The second-order valence-corrected chi connectivity index (χ2v) is 5.31. The second-order valence-electron chi connectivity index (χ2n) is 5.31. The monoisotopic (exact) mass is 280 g/mol. The van der Waals surface area contributed by atoms with Gasteiger partial charge in [0.1, 0.15) is 5.69 Å². The average molecular weight is 280 g/mol. The van der Waals surface area contributed by atoms with Gasteiger partial charge in [0.2, 0.25) is 0 Å². The Kier molecular flexibility index (Phi) is 6.55. The van der Waals surface area contributed by atoms with Crippen LogP contribution in [-0.4, -0.2) is 22.2 Å². The molecule has 3 N–H and O–H groups in total. The van der Waals surface area contributed by atoms with Crippen molar-refractivity contribution in [2.75, 3.05) is 12.3 Å². The SMILES string of the molecule is CCCCC(CC)CNC(=O)c1c(N)c(CC)nn1C. The van der Waals surface area contributed by atoms with Crippen LogP contribution in [0.5, 0.6) is 0 Å². The molecule has 1 atom stereocenters. The molecule has 20 heavy (non-hydrogen) atoms. The van der Waals surface area contributed by atoms with E-state index in [1.165, 1.54) is 12.8 Å². The zero-order valence-electron chi connectivity index (χ0n) is 13.2. The lowest BCUT2D eigenvalue weighted by Gasteiger charge is -2.15. The molecule has 1 amide bonds. The van der Waals surface area contributed by atoms with E-state index in [4.69, 9.17) is 5.73 Å². The fourth-order valence-corrected chi connectivity index (χ4v) is 2.39. The number of rotatable bonds is 8. The van der Waals surface area contributed by atoms with Crippen molar-refractivity contribution in [2.24, 2.45) is 13.0 Å². The molecule has 5 nitrogen and oxygen atoms in total. The van der Waals surface area contributed by atoms with Crippen LogP contribution < -0.4 is 11.1 Å². The highest BCUT2D eigenvalue weighted by molar-refractivity contribution is 5.97. The molecule has 1 heterocycles. The van der Waals surface area contributed by atoms with E-state index >= 15 is 0 Å². The van der Waals surface area contributed by atoms with E-state index in [1.807, 2.05) is 6.92 Å². The van der Waals surface area contributed by atoms with Crippen molar-refractivity contribution in [3.8, 4) is 0 Å². The van der Waals surface area contributed by atoms with Gasteiger partial charge >= 0.3 is 0 Å². The number of anilines is 1. The number of aromatic nitrogens is 2. The van der Waals surface area contributed by atoms with Crippen molar-refractivity contribution in [3.63, 3.8) is 0 Å². The van der Waals surface area contributed by atoms with Crippen molar-refractivity contribution in [2.45, 2.75) is 52.9 Å². The topological polar surface area (TPSA) is 72.9 Å². The van der Waals surface area contributed by atoms with Gasteiger partial charge in [0.05, 0.1) is 11.4 Å². The number of amides is 1. The quantitative estimate of drug-likeness (QED) is 0.768. The Balaban J connectivity index is 2.65. The number of hydrogen-bond donors (Lipinski definition) is 2. The molecule has 0 spiro atoms. The minimum Gasteiger partial charge on any atom is -0.395 e. The maximum atomic E-state index is 12.3. The maximum absolute atomic E-state index is 12.3. The average Bonchev–Trinajstić information content (AvgIpc) is 2.73. The van der Waals surface area contributed by atoms with Crippen LogP contribution in [0.2, 0.25) is 0 Å². The van der Waals surface area contributed by atoms with E-state index in [0.717, 1.165) is 25.0 Å². The summed E-state index contributed by atoms with van der Waals surface area (Å²) in [6.07, 6.45) is 5.39. The van der Waals surface area contributed by atoms with Crippen LogP contribution >= 0.6 is 0 Å². The summed E-state index contributed by atoms with van der Waals surface area (Å²) in [7, 11) is 1.76. The highest BCUT2D eigenvalue weighted by Gasteiger charge is 2.19. The fourth-order valence-electron chi connectivity index (χ4n) is 2.39. The van der Waals surface area contributed by atoms with E-state index < -0.39 is 0 Å². The van der Waals surface area contributed by atoms with Crippen molar-refractivity contribution in [3.05, 3.63) is 11.4 Å². The Morgan fingerprint density at radius 3 is 2.60 bits per heavy atom. The molecule has 0 aromatic carbocycles. The molecule has 1 rings (SSSR count). The molecule has 0 bridgehead atoms. The van der Waals surface area contributed by atoms with Gasteiger partial charge in [-0.2, -0.15) is 5.10 Å². The van der Waals surface area contributed by atoms with Gasteiger partial charge in [0.15, 0.2) is 0 Å². The number of nitrogens with zero attached hydrogens (tertiary/aromatic N) is 2. The van der Waals surface area contributed by atoms with Gasteiger partial charge in [0, 0.05) is 13.6 Å². The molecule has 1 aromatic rings. The maximum Gasteiger partial charge on any atom is 0.271 e. The molecule has 0 aliphatic carbocycles. The van der Waals surface area contributed by atoms with Crippen LogP contribution in [0, 0.1) is 5.92 Å². The third kappa shape index (κ3) is 3.99. The van der Waals surface area contributed by atoms with Crippen LogP contribution in [0.4, 0.5) is 5.69 Å². The third-order valence-electron chi connectivity index (χ3n) is 3.80. The van der Waals surface area contributed by atoms with E-state index in [2.05, 4.69) is 24.3 Å². The third-order valence-corrected chi connectivity index (χ3v) is 3.80. The fraction of sp³-hybridized carbons (Fsp3) is 0.733. The zero-order valence-corrected chi connectivity index (χ0v) is 13.2. The molecule has 114 valence electrons. The Morgan fingerprint density at radius 2 is 2.10 bits per heavy atom. The summed E-state index contributed by atoms with van der Waals surface area (Å²) in [5.74, 6) is 0.422. The molecule has 0 fully saturated rings. The number of nitrogens with one attached hydrogen (secondary N) is 1. The molecule has 1 aromatic heterocycles. The number of carbonyl (C=O) groups excluding carboxylic acids is 1. The molecule has 0 aliphatic heterocycles. The van der Waals surface area contributed by atoms with Gasteiger partial charge in [-0.25, -0.2) is 0 Å². The summed E-state index contributed by atoms with van der Waals surface area (Å²) >= 11 is 0. The number of nitrogen functional groups attached to an aromatic ring is 1. The minimum atomic E-state index is -0.118. The van der Waals surface area contributed by atoms with Crippen molar-refractivity contribution < 1.29 is 4.79 Å². The van der Waals surface area contributed by atoms with Crippen LogP contribution in [0.3, 0.4) is 0 Å². The summed E-state index contributed by atoms with van der Waals surface area (Å²) in [4.78, 5) is 12.3. The predicted molar refractivity (Wildman–Crippen MR) is 82.6 cm³/mol. The Morgan fingerprint density at radius 1 is 1.40 bits per heavy atom. The molecule has 5 heteroatoms. The lowest BCUT2D eigenvalue weighted by molar-refractivity contribution is 0.0937. The highest BCUT2D eigenvalue weighted by Crippen LogP contribution is 2.17. The zero-order chi connectivity index (χ0) is 15.1. The summed E-state index contributed by atoms with van der Waals surface area (Å²) in [5, 5.41) is 7.28. The van der Waals surface area contributed by atoms with E-state index in [9.17, 15) is 4.79 Å².